The largest absolute Gasteiger partial charge is 0.373 e. The molecule has 2 atom stereocenters. The second-order valence-corrected chi connectivity index (χ2v) is 5.07. The molecule has 2 rings (SSSR count). The molecular weight excluding hydrogens is 272 g/mol. The van der Waals surface area contributed by atoms with Crippen LogP contribution in [0.2, 0.25) is 0 Å². The monoisotopic (exact) mass is 286 g/mol. The number of aryl methyl sites for hydroxylation is 1. The van der Waals surface area contributed by atoms with Crippen LogP contribution in [0.25, 0.3) is 0 Å². The van der Waals surface area contributed by atoms with Crippen LogP contribution < -0.4 is 5.56 Å². The van der Waals surface area contributed by atoms with Crippen molar-refractivity contribution >= 4 is 15.9 Å². The van der Waals surface area contributed by atoms with E-state index in [-0.39, 0.29) is 11.7 Å². The highest BCUT2D eigenvalue weighted by Gasteiger charge is 2.23. The van der Waals surface area contributed by atoms with Gasteiger partial charge in [-0.15, -0.1) is 0 Å². The Morgan fingerprint density at radius 2 is 2.38 bits per heavy atom. The molecule has 0 amide bonds. The molecule has 0 bridgehead atoms. The highest BCUT2D eigenvalue weighted by molar-refractivity contribution is 9.10. The normalized spacial score (nSPS) is 24.9. The Morgan fingerprint density at radius 1 is 1.62 bits per heavy atom. The van der Waals surface area contributed by atoms with Crippen molar-refractivity contribution in [1.29, 1.82) is 0 Å². The molecule has 5 heteroatoms. The maximum absolute atomic E-state index is 11.9. The maximum atomic E-state index is 11.9. The van der Waals surface area contributed by atoms with E-state index < -0.39 is 0 Å². The van der Waals surface area contributed by atoms with Crippen LogP contribution in [0.3, 0.4) is 0 Å². The van der Waals surface area contributed by atoms with Crippen LogP contribution in [0.5, 0.6) is 0 Å². The Bertz CT molecular complexity index is 444. The van der Waals surface area contributed by atoms with Gasteiger partial charge in [-0.2, -0.15) is 0 Å². The average Bonchev–Trinajstić information content (AvgIpc) is 2.65. The van der Waals surface area contributed by atoms with E-state index in [2.05, 4.69) is 27.8 Å². The fourth-order valence-corrected chi connectivity index (χ4v) is 2.31. The lowest BCUT2D eigenvalue weighted by Gasteiger charge is -2.14. The molecule has 1 aromatic rings. The van der Waals surface area contributed by atoms with Gasteiger partial charge < -0.3 is 4.74 Å². The summed E-state index contributed by atoms with van der Waals surface area (Å²) in [5.41, 5.74) is -0.0318. The molecule has 16 heavy (non-hydrogen) atoms. The fraction of sp³-hybridized carbons (Fsp3) is 0.636. The van der Waals surface area contributed by atoms with E-state index in [1.165, 1.54) is 0 Å². The van der Waals surface area contributed by atoms with Crippen molar-refractivity contribution in [3.05, 3.63) is 26.8 Å². The Labute approximate surface area is 103 Å². The summed E-state index contributed by atoms with van der Waals surface area (Å²) in [6, 6.07) is 0. The molecule has 1 fully saturated rings. The van der Waals surface area contributed by atoms with Gasteiger partial charge in [0.15, 0.2) is 0 Å². The van der Waals surface area contributed by atoms with Crippen molar-refractivity contribution in [2.45, 2.75) is 45.4 Å². The molecule has 0 aliphatic carbocycles. The molecule has 1 aliphatic rings. The molecule has 0 radical (unpaired) electrons. The Morgan fingerprint density at radius 3 is 3.00 bits per heavy atom. The quantitative estimate of drug-likeness (QED) is 0.834. The molecule has 1 aliphatic heterocycles. The molecule has 88 valence electrons. The standard InChI is InChI=1S/C11H15BrN2O2/c1-7-3-4-9(16-7)6-14-8(2)13-5-10(12)11(14)15/h5,7,9H,3-4,6H2,1-2H3. The van der Waals surface area contributed by atoms with Crippen molar-refractivity contribution in [2.24, 2.45) is 0 Å². The Hall–Kier alpha value is -0.680. The van der Waals surface area contributed by atoms with Gasteiger partial charge in [0, 0.05) is 6.20 Å². The summed E-state index contributed by atoms with van der Waals surface area (Å²) in [5, 5.41) is 0. The number of rotatable bonds is 2. The van der Waals surface area contributed by atoms with Crippen molar-refractivity contribution in [2.75, 3.05) is 0 Å². The molecule has 0 N–H and O–H groups in total. The van der Waals surface area contributed by atoms with E-state index in [1.54, 1.807) is 10.8 Å². The van der Waals surface area contributed by atoms with Crippen LogP contribution >= 0.6 is 15.9 Å². The van der Waals surface area contributed by atoms with E-state index in [1.807, 2.05) is 6.92 Å². The van der Waals surface area contributed by atoms with Gasteiger partial charge in [-0.3, -0.25) is 9.36 Å². The van der Waals surface area contributed by atoms with Crippen LogP contribution in [0, 0.1) is 6.92 Å². The lowest BCUT2D eigenvalue weighted by atomic mass is 10.2. The lowest BCUT2D eigenvalue weighted by molar-refractivity contribution is 0.0446. The summed E-state index contributed by atoms with van der Waals surface area (Å²) in [6.07, 6.45) is 4.08. The molecule has 0 spiro atoms. The summed E-state index contributed by atoms with van der Waals surface area (Å²) < 4.78 is 7.89. The first-order valence-electron chi connectivity index (χ1n) is 5.45. The summed E-state index contributed by atoms with van der Waals surface area (Å²) >= 11 is 3.20. The van der Waals surface area contributed by atoms with E-state index >= 15 is 0 Å². The Balaban J connectivity index is 2.21. The number of hydrogen-bond donors (Lipinski definition) is 0. The first-order chi connectivity index (χ1) is 7.58. The zero-order valence-corrected chi connectivity index (χ0v) is 11.0. The summed E-state index contributed by atoms with van der Waals surface area (Å²) in [4.78, 5) is 16.0. The van der Waals surface area contributed by atoms with Gasteiger partial charge in [0.05, 0.1) is 18.8 Å². The lowest BCUT2D eigenvalue weighted by Crippen LogP contribution is -2.29. The van der Waals surface area contributed by atoms with Gasteiger partial charge in [-0.05, 0) is 42.6 Å². The van der Waals surface area contributed by atoms with Gasteiger partial charge in [0.25, 0.3) is 5.56 Å². The number of ether oxygens (including phenoxy) is 1. The molecule has 1 saturated heterocycles. The number of halogens is 1. The van der Waals surface area contributed by atoms with Gasteiger partial charge in [-0.1, -0.05) is 0 Å². The van der Waals surface area contributed by atoms with Gasteiger partial charge in [0.2, 0.25) is 0 Å². The second kappa shape index (κ2) is 4.67. The molecule has 2 unspecified atom stereocenters. The van der Waals surface area contributed by atoms with E-state index in [0.717, 1.165) is 18.7 Å². The summed E-state index contributed by atoms with van der Waals surface area (Å²) in [7, 11) is 0. The van der Waals surface area contributed by atoms with Gasteiger partial charge >= 0.3 is 0 Å². The third kappa shape index (κ3) is 2.35. The maximum Gasteiger partial charge on any atom is 0.267 e. The third-order valence-corrected chi connectivity index (χ3v) is 3.45. The van der Waals surface area contributed by atoms with Crippen molar-refractivity contribution in [1.82, 2.24) is 9.55 Å². The molecular formula is C11H15BrN2O2. The first kappa shape index (κ1) is 11.8. The fourth-order valence-electron chi connectivity index (χ4n) is 1.99. The second-order valence-electron chi connectivity index (χ2n) is 4.22. The number of aromatic nitrogens is 2. The summed E-state index contributed by atoms with van der Waals surface area (Å²) in [6.45, 7) is 4.50. The van der Waals surface area contributed by atoms with E-state index in [4.69, 9.17) is 4.74 Å². The SMILES string of the molecule is Cc1ncc(Br)c(=O)n1CC1CCC(C)O1. The highest BCUT2D eigenvalue weighted by atomic mass is 79.9. The summed E-state index contributed by atoms with van der Waals surface area (Å²) in [5.74, 6) is 0.733. The van der Waals surface area contributed by atoms with Crippen molar-refractivity contribution in [3.63, 3.8) is 0 Å². The van der Waals surface area contributed by atoms with Crippen LogP contribution in [-0.4, -0.2) is 21.8 Å². The van der Waals surface area contributed by atoms with Gasteiger partial charge in [-0.25, -0.2) is 4.98 Å². The third-order valence-electron chi connectivity index (χ3n) is 2.91. The van der Waals surface area contributed by atoms with Crippen LogP contribution in [0.15, 0.2) is 15.5 Å². The molecule has 2 heterocycles. The predicted octanol–water partition coefficient (Wildman–Crippen LogP) is 1.88. The number of hydrogen-bond acceptors (Lipinski definition) is 3. The minimum atomic E-state index is -0.0318. The van der Waals surface area contributed by atoms with Crippen LogP contribution in [0.1, 0.15) is 25.6 Å². The first-order valence-corrected chi connectivity index (χ1v) is 6.24. The molecule has 4 nitrogen and oxygen atoms in total. The average molecular weight is 287 g/mol. The van der Waals surface area contributed by atoms with Crippen LogP contribution in [-0.2, 0) is 11.3 Å². The van der Waals surface area contributed by atoms with Crippen molar-refractivity contribution < 1.29 is 4.74 Å². The van der Waals surface area contributed by atoms with E-state index in [0.29, 0.717) is 17.1 Å². The molecule has 0 aromatic carbocycles. The smallest absolute Gasteiger partial charge is 0.267 e. The zero-order chi connectivity index (χ0) is 11.7. The molecule has 1 aromatic heterocycles. The van der Waals surface area contributed by atoms with Crippen molar-refractivity contribution in [3.8, 4) is 0 Å². The number of nitrogens with zero attached hydrogens (tertiary/aromatic N) is 2. The predicted molar refractivity (Wildman–Crippen MR) is 64.5 cm³/mol. The Kier molecular flexibility index (Phi) is 3.44. The topological polar surface area (TPSA) is 44.1 Å². The zero-order valence-electron chi connectivity index (χ0n) is 9.44. The molecule has 0 saturated carbocycles. The van der Waals surface area contributed by atoms with E-state index in [9.17, 15) is 4.79 Å². The van der Waals surface area contributed by atoms with Gasteiger partial charge in [0.1, 0.15) is 10.3 Å². The minimum Gasteiger partial charge on any atom is -0.373 e. The minimum absolute atomic E-state index is 0.0318. The highest BCUT2D eigenvalue weighted by Crippen LogP contribution is 2.20. The van der Waals surface area contributed by atoms with Crippen LogP contribution in [0.4, 0.5) is 0 Å².